The van der Waals surface area contributed by atoms with Gasteiger partial charge in [0.1, 0.15) is 0 Å². The Morgan fingerprint density at radius 3 is 2.58 bits per heavy atom. The first-order chi connectivity index (χ1) is 9.24. The van der Waals surface area contributed by atoms with Gasteiger partial charge < -0.3 is 0 Å². The molecular weight excluding hydrogens is 337 g/mol. The Labute approximate surface area is 127 Å². The number of rotatable bonds is 2. The standard InChI is InChI=1S/C16H12NO.In/c1-12-11-13-7-5-6-10-15(13)16(17-12)18-14-8-3-2-4-9-14;/h2-8,10-11H,1H3;. The molecule has 3 aromatic rings. The summed E-state index contributed by atoms with van der Waals surface area (Å²) in [4.78, 5) is 4.53. The maximum atomic E-state index is 6.02. The van der Waals surface area contributed by atoms with Gasteiger partial charge in [0.15, 0.2) is 0 Å². The molecule has 0 bridgehead atoms. The molecule has 2 aromatic carbocycles. The zero-order chi connectivity index (χ0) is 13.2. The van der Waals surface area contributed by atoms with Gasteiger partial charge in [-0.1, -0.05) is 0 Å². The van der Waals surface area contributed by atoms with Crippen LogP contribution in [0.3, 0.4) is 0 Å². The molecule has 0 aliphatic heterocycles. The van der Waals surface area contributed by atoms with Crippen molar-refractivity contribution < 1.29 is 4.74 Å². The average Bonchev–Trinajstić information content (AvgIpc) is 2.41. The molecule has 19 heavy (non-hydrogen) atoms. The number of nitrogens with zero attached hydrogens (tertiary/aromatic N) is 1. The first-order valence-corrected chi connectivity index (χ1v) is 7.77. The van der Waals surface area contributed by atoms with E-state index in [4.69, 9.17) is 4.74 Å². The Morgan fingerprint density at radius 1 is 1.00 bits per heavy atom. The number of ether oxygens (including phenoxy) is 1. The number of hydrogen-bond acceptors (Lipinski definition) is 2. The first kappa shape index (κ1) is 12.5. The average molecular weight is 349 g/mol. The van der Waals surface area contributed by atoms with Crippen molar-refractivity contribution in [2.75, 3.05) is 0 Å². The molecule has 90 valence electrons. The minimum absolute atomic E-state index is 0.692. The Bertz CT molecular complexity index is 740. The van der Waals surface area contributed by atoms with Crippen LogP contribution >= 0.6 is 0 Å². The van der Waals surface area contributed by atoms with E-state index in [0.717, 1.165) is 46.6 Å². The SMILES string of the molecule is Cc1cc2ccccc2c(Oc2cccc[c]2[In])n1. The van der Waals surface area contributed by atoms with Gasteiger partial charge in [-0.25, -0.2) is 0 Å². The molecule has 0 saturated carbocycles. The van der Waals surface area contributed by atoms with E-state index in [1.54, 1.807) is 0 Å². The van der Waals surface area contributed by atoms with Crippen molar-refractivity contribution in [3.63, 3.8) is 0 Å². The number of hydrogen-bond donors (Lipinski definition) is 0. The molecule has 0 N–H and O–H groups in total. The Kier molecular flexibility index (Phi) is 3.47. The van der Waals surface area contributed by atoms with E-state index >= 15 is 0 Å². The minimum atomic E-state index is 0.692. The maximum absolute atomic E-state index is 6.02. The topological polar surface area (TPSA) is 22.1 Å². The van der Waals surface area contributed by atoms with E-state index in [2.05, 4.69) is 23.2 Å². The number of fused-ring (bicyclic) bond motifs is 1. The number of aromatic nitrogens is 1. The van der Waals surface area contributed by atoms with Crippen molar-refractivity contribution in [3.8, 4) is 11.6 Å². The van der Waals surface area contributed by atoms with Gasteiger partial charge in [0.2, 0.25) is 0 Å². The summed E-state index contributed by atoms with van der Waals surface area (Å²) in [6.45, 7) is 1.99. The van der Waals surface area contributed by atoms with Gasteiger partial charge in [0.05, 0.1) is 0 Å². The molecule has 1 aromatic heterocycles. The Hall–Kier alpha value is -1.48. The summed E-state index contributed by atoms with van der Waals surface area (Å²) in [5.41, 5.74) is 0.971. The third kappa shape index (κ3) is 2.61. The second-order valence-corrected chi connectivity index (χ2v) is 6.21. The molecule has 1 heterocycles. The molecule has 2 nitrogen and oxygen atoms in total. The fraction of sp³-hybridized carbons (Fsp3) is 0.0625. The van der Waals surface area contributed by atoms with Gasteiger partial charge >= 0.3 is 127 Å². The normalized spacial score (nSPS) is 10.6. The van der Waals surface area contributed by atoms with E-state index in [-0.39, 0.29) is 0 Å². The fourth-order valence-electron chi connectivity index (χ4n) is 2.05. The van der Waals surface area contributed by atoms with Crippen LogP contribution in [0.4, 0.5) is 0 Å². The zero-order valence-corrected chi connectivity index (χ0v) is 13.9. The molecule has 0 spiro atoms. The van der Waals surface area contributed by atoms with Crippen LogP contribution in [0.1, 0.15) is 5.69 Å². The third-order valence-corrected chi connectivity index (χ3v) is 4.32. The van der Waals surface area contributed by atoms with Gasteiger partial charge in [-0.05, 0) is 0 Å². The summed E-state index contributed by atoms with van der Waals surface area (Å²) < 4.78 is 7.26. The predicted octanol–water partition coefficient (Wildman–Crippen LogP) is 3.13. The van der Waals surface area contributed by atoms with Gasteiger partial charge in [-0.3, -0.25) is 0 Å². The summed E-state index contributed by atoms with van der Waals surface area (Å²) in [6, 6.07) is 18.4. The second-order valence-electron chi connectivity index (χ2n) is 4.43. The van der Waals surface area contributed by atoms with Crippen molar-refractivity contribution in [3.05, 3.63) is 60.3 Å². The molecule has 0 amide bonds. The fourth-order valence-corrected chi connectivity index (χ4v) is 2.81. The molecule has 0 fully saturated rings. The van der Waals surface area contributed by atoms with Crippen LogP contribution in [0.5, 0.6) is 11.6 Å². The molecule has 0 saturated heterocycles. The number of pyridine rings is 1. The van der Waals surface area contributed by atoms with Crippen LogP contribution in [-0.4, -0.2) is 29.4 Å². The Balaban J connectivity index is 2.13. The van der Waals surface area contributed by atoms with Crippen molar-refractivity contribution >= 4 is 38.5 Å². The first-order valence-electron chi connectivity index (χ1n) is 6.13. The summed E-state index contributed by atoms with van der Waals surface area (Å²) in [5, 5.41) is 2.21. The third-order valence-electron chi connectivity index (χ3n) is 2.96. The monoisotopic (exact) mass is 349 g/mol. The van der Waals surface area contributed by atoms with Crippen molar-refractivity contribution in [1.82, 2.24) is 4.98 Å². The van der Waals surface area contributed by atoms with Gasteiger partial charge in [0.25, 0.3) is 0 Å². The Morgan fingerprint density at radius 2 is 1.74 bits per heavy atom. The molecule has 0 unspecified atom stereocenters. The van der Waals surface area contributed by atoms with Crippen LogP contribution < -0.4 is 8.06 Å². The molecule has 3 rings (SSSR count). The van der Waals surface area contributed by atoms with Crippen molar-refractivity contribution in [1.29, 1.82) is 0 Å². The van der Waals surface area contributed by atoms with Crippen LogP contribution in [0.2, 0.25) is 0 Å². The molecular formula is C16H12InNO. The van der Waals surface area contributed by atoms with E-state index < -0.39 is 0 Å². The predicted molar refractivity (Wildman–Crippen MR) is 78.4 cm³/mol. The molecule has 0 aliphatic rings. The van der Waals surface area contributed by atoms with E-state index in [9.17, 15) is 0 Å². The summed E-state index contributed by atoms with van der Waals surface area (Å²) in [7, 11) is 0. The summed E-state index contributed by atoms with van der Waals surface area (Å²) in [5.74, 6) is 1.60. The van der Waals surface area contributed by atoms with Crippen LogP contribution in [0, 0.1) is 6.92 Å². The van der Waals surface area contributed by atoms with Crippen molar-refractivity contribution in [2.24, 2.45) is 0 Å². The molecule has 2 radical (unpaired) electrons. The number of benzene rings is 2. The second kappa shape index (κ2) is 5.25. The number of aryl methyl sites for hydroxylation is 1. The van der Waals surface area contributed by atoms with Gasteiger partial charge in [-0.15, -0.1) is 0 Å². The van der Waals surface area contributed by atoms with Crippen LogP contribution in [0.25, 0.3) is 10.8 Å². The molecule has 0 atom stereocenters. The summed E-state index contributed by atoms with van der Waals surface area (Å²) in [6.07, 6.45) is 0. The molecule has 0 aliphatic carbocycles. The zero-order valence-electron chi connectivity index (χ0n) is 10.6. The van der Waals surface area contributed by atoms with E-state index in [0.29, 0.717) is 5.88 Å². The van der Waals surface area contributed by atoms with E-state index in [1.165, 1.54) is 3.32 Å². The quantitative estimate of drug-likeness (QED) is 0.709. The number of para-hydroxylation sites is 1. The molecule has 3 heteroatoms. The van der Waals surface area contributed by atoms with Crippen LogP contribution in [0.15, 0.2) is 54.6 Å². The van der Waals surface area contributed by atoms with E-state index in [1.807, 2.05) is 43.3 Å². The van der Waals surface area contributed by atoms with Crippen LogP contribution in [-0.2, 0) is 0 Å². The van der Waals surface area contributed by atoms with Gasteiger partial charge in [-0.2, -0.15) is 0 Å². The van der Waals surface area contributed by atoms with Gasteiger partial charge in [0, 0.05) is 0 Å². The van der Waals surface area contributed by atoms with Crippen molar-refractivity contribution in [2.45, 2.75) is 6.92 Å². The summed E-state index contributed by atoms with van der Waals surface area (Å²) >= 11 is 1.03.